The summed E-state index contributed by atoms with van der Waals surface area (Å²) >= 11 is 6.12. The van der Waals surface area contributed by atoms with Crippen LogP contribution in [-0.4, -0.2) is 62.5 Å². The van der Waals surface area contributed by atoms with Crippen molar-refractivity contribution < 1.29 is 27.5 Å². The van der Waals surface area contributed by atoms with Gasteiger partial charge in [0.1, 0.15) is 11.4 Å². The first-order chi connectivity index (χ1) is 13.0. The molecule has 2 unspecified atom stereocenters. The predicted molar refractivity (Wildman–Crippen MR) is 104 cm³/mol. The fraction of sp³-hybridized carbons (Fsp3) is 0.556. The number of amides is 1. The second-order valence-corrected chi connectivity index (χ2v) is 9.26. The number of esters is 1. The van der Waals surface area contributed by atoms with Crippen molar-refractivity contribution in [2.75, 3.05) is 19.6 Å². The second-order valence-electron chi connectivity index (χ2n) is 6.95. The molecule has 0 aromatic heterocycles. The molecule has 1 saturated heterocycles. The number of morpholine rings is 1. The van der Waals surface area contributed by atoms with Gasteiger partial charge in [-0.2, -0.15) is 4.31 Å². The van der Waals surface area contributed by atoms with Gasteiger partial charge < -0.3 is 14.8 Å². The molecule has 0 spiro atoms. The summed E-state index contributed by atoms with van der Waals surface area (Å²) in [7, 11) is -3.91. The lowest BCUT2D eigenvalue weighted by Gasteiger charge is -2.34. The fourth-order valence-electron chi connectivity index (χ4n) is 2.87. The maximum absolute atomic E-state index is 13.0. The van der Waals surface area contributed by atoms with Gasteiger partial charge in [0.15, 0.2) is 0 Å². The molecule has 8 nitrogen and oxygen atoms in total. The van der Waals surface area contributed by atoms with Crippen molar-refractivity contribution in [3.63, 3.8) is 0 Å². The minimum absolute atomic E-state index is 0.0163. The molecule has 156 valence electrons. The molecule has 1 fully saturated rings. The van der Waals surface area contributed by atoms with Gasteiger partial charge in [-0.25, -0.2) is 8.42 Å². The van der Waals surface area contributed by atoms with E-state index in [0.29, 0.717) is 0 Å². The Morgan fingerprint density at radius 2 is 1.89 bits per heavy atom. The summed E-state index contributed by atoms with van der Waals surface area (Å²) in [6.45, 7) is 7.05. The molecule has 1 heterocycles. The Morgan fingerprint density at radius 1 is 1.29 bits per heavy atom. The molecular weight excluding hydrogens is 408 g/mol. The van der Waals surface area contributed by atoms with E-state index in [9.17, 15) is 18.0 Å². The highest BCUT2D eigenvalue weighted by atomic mass is 35.5. The first-order valence-electron chi connectivity index (χ1n) is 8.93. The van der Waals surface area contributed by atoms with Crippen LogP contribution in [0.15, 0.2) is 23.1 Å². The molecular formula is C18H25ClN2O6S. The molecule has 2 rings (SSSR count). The molecule has 1 amide bonds. The summed E-state index contributed by atoms with van der Waals surface area (Å²) in [5.74, 6) is -1.18. The zero-order chi connectivity index (χ0) is 21.1. The van der Waals surface area contributed by atoms with Crippen molar-refractivity contribution in [3.8, 4) is 0 Å². The maximum Gasteiger partial charge on any atom is 0.325 e. The number of nitrogens with one attached hydrogen (secondary N) is 1. The average molecular weight is 433 g/mol. The third kappa shape index (κ3) is 5.66. The molecule has 1 N–H and O–H groups in total. The topological polar surface area (TPSA) is 102 Å². The quantitative estimate of drug-likeness (QED) is 0.688. The lowest BCUT2D eigenvalue weighted by atomic mass is 10.2. The molecule has 0 saturated carbocycles. The molecule has 1 aliphatic heterocycles. The summed E-state index contributed by atoms with van der Waals surface area (Å²) in [4.78, 5) is 23.7. The molecule has 1 aromatic rings. The standard InChI is InChI=1S/C18H25ClN2O6S/c1-11(2)26-17(22)8-20-18(23)14-5-6-15(19)16(7-14)28(24,25)21-9-12(3)27-13(4)10-21/h5-7,11-13H,8-10H2,1-4H3,(H,20,23). The third-order valence-corrected chi connectivity index (χ3v) is 6.27. The summed E-state index contributed by atoms with van der Waals surface area (Å²) in [6.07, 6.45) is -0.804. The lowest BCUT2D eigenvalue weighted by Crippen LogP contribution is -2.48. The van der Waals surface area contributed by atoms with Crippen molar-refractivity contribution in [1.82, 2.24) is 9.62 Å². The highest BCUT2D eigenvalue weighted by Crippen LogP contribution is 2.28. The van der Waals surface area contributed by atoms with Crippen molar-refractivity contribution in [3.05, 3.63) is 28.8 Å². The number of hydrogen-bond donors (Lipinski definition) is 1. The van der Waals surface area contributed by atoms with Gasteiger partial charge in [-0.3, -0.25) is 9.59 Å². The molecule has 28 heavy (non-hydrogen) atoms. The number of nitrogens with zero attached hydrogens (tertiary/aromatic N) is 1. The minimum atomic E-state index is -3.91. The van der Waals surface area contributed by atoms with Crippen LogP contribution in [0.3, 0.4) is 0 Å². The van der Waals surface area contributed by atoms with Gasteiger partial charge in [0.25, 0.3) is 5.91 Å². The normalized spacial score (nSPS) is 20.8. The van der Waals surface area contributed by atoms with Crippen molar-refractivity contribution >= 4 is 33.5 Å². The Kier molecular flexibility index (Phi) is 7.44. The van der Waals surface area contributed by atoms with E-state index >= 15 is 0 Å². The Balaban J connectivity index is 2.20. The van der Waals surface area contributed by atoms with E-state index in [1.54, 1.807) is 27.7 Å². The smallest absolute Gasteiger partial charge is 0.325 e. The third-order valence-electron chi connectivity index (χ3n) is 3.96. The summed E-state index contributed by atoms with van der Waals surface area (Å²) in [6, 6.07) is 3.96. The van der Waals surface area contributed by atoms with E-state index in [4.69, 9.17) is 21.1 Å². The minimum Gasteiger partial charge on any atom is -0.462 e. The number of halogens is 1. The highest BCUT2D eigenvalue weighted by molar-refractivity contribution is 7.89. The predicted octanol–water partition coefficient (Wildman–Crippen LogP) is 1.82. The van der Waals surface area contributed by atoms with Crippen LogP contribution in [0.4, 0.5) is 0 Å². The monoisotopic (exact) mass is 432 g/mol. The van der Waals surface area contributed by atoms with Crippen LogP contribution in [0.1, 0.15) is 38.1 Å². The van der Waals surface area contributed by atoms with Crippen LogP contribution in [0.25, 0.3) is 0 Å². The van der Waals surface area contributed by atoms with E-state index in [0.717, 1.165) is 0 Å². The Hall–Kier alpha value is -1.68. The number of ether oxygens (including phenoxy) is 2. The Bertz CT molecular complexity index is 832. The van der Waals surface area contributed by atoms with Gasteiger partial charge >= 0.3 is 5.97 Å². The lowest BCUT2D eigenvalue weighted by molar-refractivity contribution is -0.146. The average Bonchev–Trinajstić information content (AvgIpc) is 2.58. The van der Waals surface area contributed by atoms with Crippen LogP contribution in [0, 0.1) is 0 Å². The number of benzene rings is 1. The van der Waals surface area contributed by atoms with Gasteiger partial charge in [-0.1, -0.05) is 11.6 Å². The summed E-state index contributed by atoms with van der Waals surface area (Å²) < 4.78 is 37.9. The summed E-state index contributed by atoms with van der Waals surface area (Å²) in [5.41, 5.74) is 0.0784. The van der Waals surface area contributed by atoms with Gasteiger partial charge in [-0.05, 0) is 45.9 Å². The van der Waals surface area contributed by atoms with Crippen LogP contribution in [-0.2, 0) is 24.3 Å². The van der Waals surface area contributed by atoms with Crippen LogP contribution < -0.4 is 5.32 Å². The largest absolute Gasteiger partial charge is 0.462 e. The summed E-state index contributed by atoms with van der Waals surface area (Å²) in [5, 5.41) is 2.43. The van der Waals surface area contributed by atoms with E-state index in [2.05, 4.69) is 5.32 Å². The molecule has 0 bridgehead atoms. The first kappa shape index (κ1) is 22.6. The van der Waals surface area contributed by atoms with E-state index in [1.807, 2.05) is 0 Å². The number of carbonyl (C=O) groups is 2. The second kappa shape index (κ2) is 9.21. The Morgan fingerprint density at radius 3 is 2.46 bits per heavy atom. The number of hydrogen-bond acceptors (Lipinski definition) is 6. The van der Waals surface area contributed by atoms with Crippen LogP contribution in [0.5, 0.6) is 0 Å². The number of carbonyl (C=O) groups excluding carboxylic acids is 2. The zero-order valence-electron chi connectivity index (χ0n) is 16.3. The number of sulfonamides is 1. The number of rotatable bonds is 6. The molecule has 0 radical (unpaired) electrons. The van der Waals surface area contributed by atoms with E-state index in [-0.39, 0.29) is 53.4 Å². The molecule has 0 aliphatic carbocycles. The zero-order valence-corrected chi connectivity index (χ0v) is 17.8. The molecule has 2 atom stereocenters. The van der Waals surface area contributed by atoms with Crippen molar-refractivity contribution in [2.45, 2.75) is 50.9 Å². The SMILES string of the molecule is CC(C)OC(=O)CNC(=O)c1ccc(Cl)c(S(=O)(=O)N2CC(C)OC(C)C2)c1. The van der Waals surface area contributed by atoms with Gasteiger partial charge in [0.05, 0.1) is 23.3 Å². The van der Waals surface area contributed by atoms with Crippen LogP contribution >= 0.6 is 11.6 Å². The maximum atomic E-state index is 13.0. The Labute approximate surface area is 170 Å². The molecule has 10 heteroatoms. The van der Waals surface area contributed by atoms with E-state index in [1.165, 1.54) is 22.5 Å². The molecule has 1 aromatic carbocycles. The van der Waals surface area contributed by atoms with Gasteiger partial charge in [0.2, 0.25) is 10.0 Å². The highest BCUT2D eigenvalue weighted by Gasteiger charge is 2.33. The van der Waals surface area contributed by atoms with Crippen LogP contribution in [0.2, 0.25) is 5.02 Å². The van der Waals surface area contributed by atoms with Gasteiger partial charge in [0, 0.05) is 18.7 Å². The fourth-order valence-corrected chi connectivity index (χ4v) is 4.96. The molecule has 1 aliphatic rings. The van der Waals surface area contributed by atoms with Crippen molar-refractivity contribution in [1.29, 1.82) is 0 Å². The van der Waals surface area contributed by atoms with Gasteiger partial charge in [-0.15, -0.1) is 0 Å². The first-order valence-corrected chi connectivity index (χ1v) is 10.8. The van der Waals surface area contributed by atoms with E-state index < -0.39 is 21.9 Å². The van der Waals surface area contributed by atoms with Crippen molar-refractivity contribution in [2.24, 2.45) is 0 Å².